The molecule has 1 heterocycles. The van der Waals surface area contributed by atoms with Crippen molar-refractivity contribution < 1.29 is 9.53 Å². The standard InChI is InChI=1S/C12H24N2O2/c1-2-3-4-5-6-12(15)14-7-8-16-10-11(14)9-13/h11H,2-10,13H2,1H3. The molecule has 0 spiro atoms. The number of ether oxygens (including phenoxy) is 1. The van der Waals surface area contributed by atoms with Gasteiger partial charge < -0.3 is 15.4 Å². The van der Waals surface area contributed by atoms with Crippen molar-refractivity contribution in [1.82, 2.24) is 4.90 Å². The summed E-state index contributed by atoms with van der Waals surface area (Å²) in [5.74, 6) is 0.245. The maximum absolute atomic E-state index is 11.9. The normalized spacial score (nSPS) is 21.1. The Morgan fingerprint density at radius 1 is 1.44 bits per heavy atom. The SMILES string of the molecule is CCCCCCC(=O)N1CCOCC1CN. The Bertz CT molecular complexity index is 209. The van der Waals surface area contributed by atoms with E-state index in [1.807, 2.05) is 4.90 Å². The van der Waals surface area contributed by atoms with Gasteiger partial charge in [0.15, 0.2) is 0 Å². The second-order valence-electron chi connectivity index (χ2n) is 4.36. The molecule has 94 valence electrons. The van der Waals surface area contributed by atoms with Crippen LogP contribution in [0.3, 0.4) is 0 Å². The zero-order valence-corrected chi connectivity index (χ0v) is 10.3. The summed E-state index contributed by atoms with van der Waals surface area (Å²) >= 11 is 0. The summed E-state index contributed by atoms with van der Waals surface area (Å²) < 4.78 is 5.32. The average Bonchev–Trinajstić information content (AvgIpc) is 2.34. The van der Waals surface area contributed by atoms with E-state index in [0.29, 0.717) is 32.7 Å². The van der Waals surface area contributed by atoms with Gasteiger partial charge in [0.1, 0.15) is 0 Å². The highest BCUT2D eigenvalue weighted by Crippen LogP contribution is 2.11. The van der Waals surface area contributed by atoms with Crippen molar-refractivity contribution >= 4 is 5.91 Å². The zero-order chi connectivity index (χ0) is 11.8. The first-order valence-electron chi connectivity index (χ1n) is 6.36. The van der Waals surface area contributed by atoms with Crippen molar-refractivity contribution in [2.24, 2.45) is 5.73 Å². The molecule has 1 atom stereocenters. The molecule has 0 bridgehead atoms. The molecule has 1 fully saturated rings. The van der Waals surface area contributed by atoms with E-state index in [-0.39, 0.29) is 11.9 Å². The predicted molar refractivity (Wildman–Crippen MR) is 64.1 cm³/mol. The minimum absolute atomic E-state index is 0.0902. The second kappa shape index (κ2) is 7.63. The van der Waals surface area contributed by atoms with Gasteiger partial charge in [-0.15, -0.1) is 0 Å². The van der Waals surface area contributed by atoms with E-state index >= 15 is 0 Å². The first-order chi connectivity index (χ1) is 7.79. The Morgan fingerprint density at radius 2 is 2.25 bits per heavy atom. The van der Waals surface area contributed by atoms with Gasteiger partial charge in [-0.1, -0.05) is 26.2 Å². The molecule has 0 aliphatic carbocycles. The number of nitrogens with zero attached hydrogens (tertiary/aromatic N) is 1. The lowest BCUT2D eigenvalue weighted by Gasteiger charge is -2.35. The fraction of sp³-hybridized carbons (Fsp3) is 0.917. The van der Waals surface area contributed by atoms with Gasteiger partial charge in [-0.2, -0.15) is 0 Å². The fourth-order valence-electron chi connectivity index (χ4n) is 2.03. The van der Waals surface area contributed by atoms with Crippen molar-refractivity contribution in [3.05, 3.63) is 0 Å². The van der Waals surface area contributed by atoms with Gasteiger partial charge in [-0.3, -0.25) is 4.79 Å². The van der Waals surface area contributed by atoms with E-state index < -0.39 is 0 Å². The molecule has 4 heteroatoms. The Balaban J connectivity index is 2.27. The quantitative estimate of drug-likeness (QED) is 0.694. The Morgan fingerprint density at radius 3 is 2.94 bits per heavy atom. The van der Waals surface area contributed by atoms with E-state index in [0.717, 1.165) is 12.8 Å². The summed E-state index contributed by atoms with van der Waals surface area (Å²) in [5, 5.41) is 0. The molecule has 16 heavy (non-hydrogen) atoms. The smallest absolute Gasteiger partial charge is 0.223 e. The number of amides is 1. The summed E-state index contributed by atoms with van der Waals surface area (Å²) in [6.45, 7) is 4.62. The van der Waals surface area contributed by atoms with Crippen LogP contribution in [0.1, 0.15) is 39.0 Å². The van der Waals surface area contributed by atoms with Crippen molar-refractivity contribution in [3.8, 4) is 0 Å². The van der Waals surface area contributed by atoms with Crippen LogP contribution in [0.4, 0.5) is 0 Å². The van der Waals surface area contributed by atoms with Gasteiger partial charge >= 0.3 is 0 Å². The molecule has 1 unspecified atom stereocenters. The molecule has 2 N–H and O–H groups in total. The van der Waals surface area contributed by atoms with Crippen LogP contribution in [0, 0.1) is 0 Å². The molecular formula is C12H24N2O2. The first-order valence-corrected chi connectivity index (χ1v) is 6.36. The average molecular weight is 228 g/mol. The van der Waals surface area contributed by atoms with Gasteiger partial charge in [0.25, 0.3) is 0 Å². The van der Waals surface area contributed by atoms with Crippen LogP contribution in [0.25, 0.3) is 0 Å². The summed E-state index contributed by atoms with van der Waals surface area (Å²) in [7, 11) is 0. The number of nitrogens with two attached hydrogens (primary N) is 1. The number of morpholine rings is 1. The highest BCUT2D eigenvalue weighted by molar-refractivity contribution is 5.76. The van der Waals surface area contributed by atoms with Crippen LogP contribution in [-0.2, 0) is 9.53 Å². The molecule has 1 aliphatic rings. The second-order valence-corrected chi connectivity index (χ2v) is 4.36. The summed E-state index contributed by atoms with van der Waals surface area (Å²) in [6, 6.07) is 0.0902. The van der Waals surface area contributed by atoms with E-state index in [4.69, 9.17) is 10.5 Å². The summed E-state index contributed by atoms with van der Waals surface area (Å²) in [5.41, 5.74) is 5.63. The van der Waals surface area contributed by atoms with Crippen LogP contribution in [0.15, 0.2) is 0 Å². The zero-order valence-electron chi connectivity index (χ0n) is 10.3. The van der Waals surface area contributed by atoms with Crippen molar-refractivity contribution in [1.29, 1.82) is 0 Å². The number of carbonyl (C=O) groups excluding carboxylic acids is 1. The molecule has 0 aromatic rings. The van der Waals surface area contributed by atoms with Gasteiger partial charge in [-0.25, -0.2) is 0 Å². The monoisotopic (exact) mass is 228 g/mol. The van der Waals surface area contributed by atoms with E-state index in [2.05, 4.69) is 6.92 Å². The molecule has 0 radical (unpaired) electrons. The number of carbonyl (C=O) groups is 1. The third-order valence-corrected chi connectivity index (χ3v) is 3.06. The lowest BCUT2D eigenvalue weighted by Crippen LogP contribution is -2.51. The minimum Gasteiger partial charge on any atom is -0.377 e. The maximum Gasteiger partial charge on any atom is 0.223 e. The van der Waals surface area contributed by atoms with Crippen LogP contribution >= 0.6 is 0 Å². The topological polar surface area (TPSA) is 55.6 Å². The van der Waals surface area contributed by atoms with Crippen LogP contribution in [0.2, 0.25) is 0 Å². The molecule has 1 aliphatic heterocycles. The maximum atomic E-state index is 11.9. The Kier molecular flexibility index (Phi) is 6.42. The fourth-order valence-corrected chi connectivity index (χ4v) is 2.03. The van der Waals surface area contributed by atoms with Crippen LogP contribution in [-0.4, -0.2) is 43.2 Å². The molecule has 0 aromatic carbocycles. The molecule has 1 saturated heterocycles. The molecule has 1 rings (SSSR count). The first kappa shape index (κ1) is 13.5. The third-order valence-electron chi connectivity index (χ3n) is 3.06. The molecule has 1 amide bonds. The van der Waals surface area contributed by atoms with Crippen LogP contribution in [0.5, 0.6) is 0 Å². The lowest BCUT2D eigenvalue weighted by molar-refractivity contribution is -0.139. The number of unbranched alkanes of at least 4 members (excludes halogenated alkanes) is 3. The van der Waals surface area contributed by atoms with E-state index in [1.165, 1.54) is 12.8 Å². The van der Waals surface area contributed by atoms with Crippen molar-refractivity contribution in [2.45, 2.75) is 45.1 Å². The summed E-state index contributed by atoms with van der Waals surface area (Å²) in [4.78, 5) is 13.8. The largest absolute Gasteiger partial charge is 0.377 e. The highest BCUT2D eigenvalue weighted by atomic mass is 16.5. The number of rotatable bonds is 6. The molecular weight excluding hydrogens is 204 g/mol. The van der Waals surface area contributed by atoms with Gasteiger partial charge in [0, 0.05) is 19.5 Å². The minimum atomic E-state index is 0.0902. The molecule has 4 nitrogen and oxygen atoms in total. The lowest BCUT2D eigenvalue weighted by atomic mass is 10.1. The Hall–Kier alpha value is -0.610. The van der Waals surface area contributed by atoms with E-state index in [9.17, 15) is 4.79 Å². The highest BCUT2D eigenvalue weighted by Gasteiger charge is 2.25. The number of hydrogen-bond donors (Lipinski definition) is 1. The van der Waals surface area contributed by atoms with Gasteiger partial charge in [0.2, 0.25) is 5.91 Å². The van der Waals surface area contributed by atoms with Gasteiger partial charge in [-0.05, 0) is 6.42 Å². The summed E-state index contributed by atoms with van der Waals surface area (Å²) in [6.07, 6.45) is 5.24. The van der Waals surface area contributed by atoms with Crippen molar-refractivity contribution in [3.63, 3.8) is 0 Å². The number of hydrogen-bond acceptors (Lipinski definition) is 3. The third kappa shape index (κ3) is 4.10. The van der Waals surface area contributed by atoms with Crippen molar-refractivity contribution in [2.75, 3.05) is 26.3 Å². The van der Waals surface area contributed by atoms with Gasteiger partial charge in [0.05, 0.1) is 19.3 Å². The molecule has 0 saturated carbocycles. The Labute approximate surface area is 98.1 Å². The predicted octanol–water partition coefficient (Wildman–Crippen LogP) is 1.14. The van der Waals surface area contributed by atoms with Crippen LogP contribution < -0.4 is 5.73 Å². The van der Waals surface area contributed by atoms with E-state index in [1.54, 1.807) is 0 Å². The molecule has 0 aromatic heterocycles.